The summed E-state index contributed by atoms with van der Waals surface area (Å²) < 4.78 is 42.0. The molecule has 0 radical (unpaired) electrons. The predicted molar refractivity (Wildman–Crippen MR) is 110 cm³/mol. The summed E-state index contributed by atoms with van der Waals surface area (Å²) >= 11 is 0. The third kappa shape index (κ3) is 2.22. The first-order valence-electron chi connectivity index (χ1n) is 11.0. The maximum absolute atomic E-state index is 15.2. The number of nitrogens with zero attached hydrogens (tertiary/aromatic N) is 1. The van der Waals surface area contributed by atoms with Crippen LogP contribution in [0, 0.1) is 5.92 Å². The van der Waals surface area contributed by atoms with E-state index in [1.165, 1.54) is 5.56 Å². The number of benzene rings is 2. The topological polar surface area (TPSA) is 21.7 Å². The van der Waals surface area contributed by atoms with Crippen molar-refractivity contribution in [2.24, 2.45) is 5.92 Å². The molecule has 0 amide bonds. The van der Waals surface area contributed by atoms with Gasteiger partial charge in [0.15, 0.2) is 17.6 Å². The Balaban J connectivity index is 1.49. The number of likely N-dealkylation sites (tertiary alicyclic amines) is 1. The highest BCUT2D eigenvalue weighted by atomic mass is 19.3. The lowest BCUT2D eigenvalue weighted by atomic mass is 9.51. The van der Waals surface area contributed by atoms with Crippen molar-refractivity contribution in [2.75, 3.05) is 13.7 Å². The molecule has 3 nitrogen and oxygen atoms in total. The molecule has 2 aromatic rings. The molecule has 2 aromatic carbocycles. The largest absolute Gasteiger partial charge is 0.493 e. The summed E-state index contributed by atoms with van der Waals surface area (Å²) in [7, 11) is 1.59. The zero-order valence-electron chi connectivity index (χ0n) is 17.4. The van der Waals surface area contributed by atoms with Crippen molar-refractivity contribution in [3.05, 3.63) is 59.2 Å². The number of rotatable bonds is 3. The minimum Gasteiger partial charge on any atom is -0.493 e. The predicted octanol–water partition coefficient (Wildman–Crippen LogP) is 5.13. The lowest BCUT2D eigenvalue weighted by Crippen LogP contribution is -2.68. The first-order chi connectivity index (χ1) is 14.5. The maximum Gasteiger partial charge on any atom is 0.285 e. The smallest absolute Gasteiger partial charge is 0.285 e. The normalized spacial score (nSPS) is 34.1. The summed E-state index contributed by atoms with van der Waals surface area (Å²) in [4.78, 5) is 2.57. The molecule has 2 aliphatic heterocycles. The molecule has 30 heavy (non-hydrogen) atoms. The lowest BCUT2D eigenvalue weighted by molar-refractivity contribution is -0.184. The molecule has 3 unspecified atom stereocenters. The molecule has 0 N–H and O–H groups in total. The minimum absolute atomic E-state index is 0.0974. The fraction of sp³-hybridized carbons (Fsp3) is 0.520. The van der Waals surface area contributed by atoms with Gasteiger partial charge in [0.05, 0.1) is 7.11 Å². The average molecular weight is 411 g/mol. The molecule has 158 valence electrons. The molecule has 2 heterocycles. The molecule has 2 fully saturated rings. The molecule has 4 aliphatic rings. The lowest BCUT2D eigenvalue weighted by Gasteiger charge is -2.60. The Labute approximate surface area is 176 Å². The zero-order chi connectivity index (χ0) is 20.7. The van der Waals surface area contributed by atoms with Crippen LogP contribution < -0.4 is 9.47 Å². The van der Waals surface area contributed by atoms with Crippen LogP contribution in [-0.2, 0) is 11.8 Å². The molecule has 0 aromatic heterocycles. The molecule has 1 saturated heterocycles. The third-order valence-corrected chi connectivity index (χ3v) is 8.31. The van der Waals surface area contributed by atoms with Crippen molar-refractivity contribution in [1.82, 2.24) is 4.90 Å². The standard InChI is InChI=1S/C25H27F2NO2/c1-15(16-6-4-3-5-7-16)28-13-12-24-18-10-11-25(26,27)23(24)30-22-20(29-2)9-8-17(21(22)24)14-19(18)28/h3-9,15,18-19,23H,10-14H2,1-2H3/t15?,18?,19-,23-,24?/m0/s1. The summed E-state index contributed by atoms with van der Waals surface area (Å²) in [5.41, 5.74) is 2.88. The van der Waals surface area contributed by atoms with E-state index in [4.69, 9.17) is 9.47 Å². The van der Waals surface area contributed by atoms with E-state index in [2.05, 4.69) is 42.2 Å². The number of alkyl halides is 2. The van der Waals surface area contributed by atoms with Crippen LogP contribution in [0.5, 0.6) is 11.5 Å². The number of ether oxygens (including phenoxy) is 2. The molecule has 2 aliphatic carbocycles. The van der Waals surface area contributed by atoms with E-state index >= 15 is 8.78 Å². The van der Waals surface area contributed by atoms with E-state index in [0.717, 1.165) is 24.1 Å². The Morgan fingerprint density at radius 2 is 1.93 bits per heavy atom. The van der Waals surface area contributed by atoms with Crippen molar-refractivity contribution < 1.29 is 18.3 Å². The van der Waals surface area contributed by atoms with E-state index in [1.807, 2.05) is 12.1 Å². The number of hydrogen-bond donors (Lipinski definition) is 0. The maximum atomic E-state index is 15.2. The van der Waals surface area contributed by atoms with Gasteiger partial charge in [-0.25, -0.2) is 8.78 Å². The number of halogens is 2. The van der Waals surface area contributed by atoms with Gasteiger partial charge in [0.2, 0.25) is 0 Å². The van der Waals surface area contributed by atoms with Gasteiger partial charge < -0.3 is 9.47 Å². The van der Waals surface area contributed by atoms with Crippen molar-refractivity contribution in [3.8, 4) is 11.5 Å². The van der Waals surface area contributed by atoms with E-state index < -0.39 is 17.4 Å². The highest BCUT2D eigenvalue weighted by molar-refractivity contribution is 5.61. The summed E-state index contributed by atoms with van der Waals surface area (Å²) in [6, 6.07) is 15.0. The van der Waals surface area contributed by atoms with Gasteiger partial charge in [-0.2, -0.15) is 0 Å². The fourth-order valence-corrected chi connectivity index (χ4v) is 7.07. The molecule has 5 atom stereocenters. The van der Waals surface area contributed by atoms with Gasteiger partial charge in [0.25, 0.3) is 5.92 Å². The van der Waals surface area contributed by atoms with Crippen LogP contribution in [0.15, 0.2) is 42.5 Å². The second kappa shape index (κ2) is 6.19. The van der Waals surface area contributed by atoms with Gasteiger partial charge in [-0.1, -0.05) is 36.4 Å². The highest BCUT2D eigenvalue weighted by Crippen LogP contribution is 2.66. The Hall–Kier alpha value is -2.14. The van der Waals surface area contributed by atoms with E-state index in [1.54, 1.807) is 7.11 Å². The van der Waals surface area contributed by atoms with Gasteiger partial charge in [0.1, 0.15) is 0 Å². The molecular formula is C25H27F2NO2. The van der Waals surface area contributed by atoms with Crippen LogP contribution in [0.1, 0.15) is 48.9 Å². The molecular weight excluding hydrogens is 384 g/mol. The highest BCUT2D eigenvalue weighted by Gasteiger charge is 2.71. The van der Waals surface area contributed by atoms with Crippen molar-refractivity contribution in [1.29, 1.82) is 0 Å². The van der Waals surface area contributed by atoms with Gasteiger partial charge in [-0.05, 0) is 49.3 Å². The van der Waals surface area contributed by atoms with Crippen molar-refractivity contribution >= 4 is 0 Å². The van der Waals surface area contributed by atoms with E-state index in [-0.39, 0.29) is 24.4 Å². The number of hydrogen-bond acceptors (Lipinski definition) is 3. The second-order valence-corrected chi connectivity index (χ2v) is 9.42. The molecule has 2 bridgehead atoms. The Kier molecular flexibility index (Phi) is 3.84. The van der Waals surface area contributed by atoms with Crippen LogP contribution >= 0.6 is 0 Å². The first kappa shape index (κ1) is 18.6. The molecule has 1 spiro atoms. The van der Waals surface area contributed by atoms with E-state index in [9.17, 15) is 0 Å². The summed E-state index contributed by atoms with van der Waals surface area (Å²) in [6.45, 7) is 3.06. The monoisotopic (exact) mass is 411 g/mol. The number of piperidine rings is 1. The van der Waals surface area contributed by atoms with Gasteiger partial charge in [-0.15, -0.1) is 0 Å². The second-order valence-electron chi connectivity index (χ2n) is 9.42. The summed E-state index contributed by atoms with van der Waals surface area (Å²) in [5.74, 6) is -1.46. The van der Waals surface area contributed by atoms with Crippen LogP contribution in [-0.4, -0.2) is 36.6 Å². The Morgan fingerprint density at radius 3 is 2.70 bits per heavy atom. The molecule has 1 saturated carbocycles. The minimum atomic E-state index is -2.81. The van der Waals surface area contributed by atoms with E-state index in [0.29, 0.717) is 24.3 Å². The summed E-state index contributed by atoms with van der Waals surface area (Å²) in [5, 5.41) is 0. The average Bonchev–Trinajstić information content (AvgIpc) is 3.11. The quantitative estimate of drug-likeness (QED) is 0.699. The van der Waals surface area contributed by atoms with Crippen LogP contribution in [0.4, 0.5) is 8.78 Å². The van der Waals surface area contributed by atoms with Crippen LogP contribution in [0.25, 0.3) is 0 Å². The van der Waals surface area contributed by atoms with Gasteiger partial charge in [0, 0.05) is 36.0 Å². The van der Waals surface area contributed by atoms with Gasteiger partial charge >= 0.3 is 0 Å². The van der Waals surface area contributed by atoms with Gasteiger partial charge in [-0.3, -0.25) is 4.90 Å². The zero-order valence-corrected chi connectivity index (χ0v) is 17.4. The summed E-state index contributed by atoms with van der Waals surface area (Å²) in [6.07, 6.45) is 0.965. The molecule has 5 heteroatoms. The SMILES string of the molecule is COc1ccc2c3c1O[C@@H]1C(F)(F)CCC4[C@H](C2)N(C(C)c2ccccc2)CCC341. The Morgan fingerprint density at radius 1 is 1.13 bits per heavy atom. The van der Waals surface area contributed by atoms with Crippen LogP contribution in [0.2, 0.25) is 0 Å². The molecule has 6 rings (SSSR count). The first-order valence-corrected chi connectivity index (χ1v) is 11.0. The number of methoxy groups -OCH3 is 1. The Bertz CT molecular complexity index is 994. The van der Waals surface area contributed by atoms with Crippen molar-refractivity contribution in [2.45, 2.75) is 62.1 Å². The fourth-order valence-electron chi connectivity index (χ4n) is 7.07. The third-order valence-electron chi connectivity index (χ3n) is 8.31. The van der Waals surface area contributed by atoms with Crippen molar-refractivity contribution in [3.63, 3.8) is 0 Å². The van der Waals surface area contributed by atoms with Crippen LogP contribution in [0.3, 0.4) is 0 Å².